The molecule has 0 fully saturated rings. The van der Waals surface area contributed by atoms with Crippen LogP contribution in [0.1, 0.15) is 18.9 Å². The first kappa shape index (κ1) is 22.0. The Labute approximate surface area is 151 Å². The van der Waals surface area contributed by atoms with E-state index in [4.69, 9.17) is 9.47 Å². The number of benzene rings is 1. The molecule has 1 aromatic rings. The number of guanidine groups is 1. The summed E-state index contributed by atoms with van der Waals surface area (Å²) in [6.45, 7) is 1.57. The molecule has 0 unspecified atom stereocenters. The summed E-state index contributed by atoms with van der Waals surface area (Å²) < 4.78 is 53.4. The summed E-state index contributed by atoms with van der Waals surface area (Å²) in [6, 6.07) is 3.78. The van der Waals surface area contributed by atoms with E-state index in [-0.39, 0.29) is 17.9 Å². The summed E-state index contributed by atoms with van der Waals surface area (Å²) in [5, 5.41) is 6.09. The average Bonchev–Trinajstić information content (AvgIpc) is 2.59. The van der Waals surface area contributed by atoms with Crippen molar-refractivity contribution in [3.8, 4) is 5.75 Å². The normalized spacial score (nSPS) is 11.7. The Hall–Kier alpha value is -2.00. The zero-order valence-corrected chi connectivity index (χ0v) is 15.1. The lowest BCUT2D eigenvalue weighted by atomic mass is 10.2. The van der Waals surface area contributed by atoms with Crippen LogP contribution in [0.5, 0.6) is 5.75 Å². The van der Waals surface area contributed by atoms with Crippen molar-refractivity contribution < 1.29 is 27.4 Å². The van der Waals surface area contributed by atoms with Crippen LogP contribution in [0, 0.1) is 5.82 Å². The molecule has 0 radical (unpaired) electrons. The Morgan fingerprint density at radius 1 is 1.19 bits per heavy atom. The number of nitrogens with one attached hydrogen (secondary N) is 2. The average molecular weight is 377 g/mol. The molecule has 0 atom stereocenters. The number of ether oxygens (including phenoxy) is 3. The van der Waals surface area contributed by atoms with Crippen molar-refractivity contribution in [1.82, 2.24) is 10.6 Å². The molecule has 0 amide bonds. The lowest BCUT2D eigenvalue weighted by Crippen LogP contribution is -2.38. The molecule has 0 heterocycles. The minimum Gasteiger partial charge on any atom is -0.434 e. The van der Waals surface area contributed by atoms with Crippen LogP contribution in [0.4, 0.5) is 13.2 Å². The Morgan fingerprint density at radius 3 is 2.69 bits per heavy atom. The van der Waals surface area contributed by atoms with Crippen molar-refractivity contribution >= 4 is 5.96 Å². The van der Waals surface area contributed by atoms with Crippen LogP contribution in [0.15, 0.2) is 23.2 Å². The number of aliphatic imine (C=N–C) groups is 1. The molecule has 0 aliphatic carbocycles. The second-order valence-electron chi connectivity index (χ2n) is 5.18. The maximum absolute atomic E-state index is 13.9. The third kappa shape index (κ3) is 8.91. The molecule has 0 aromatic heterocycles. The van der Waals surface area contributed by atoms with E-state index in [1.807, 2.05) is 6.92 Å². The molecular weight excluding hydrogens is 351 g/mol. The molecule has 148 valence electrons. The van der Waals surface area contributed by atoms with Crippen molar-refractivity contribution in [2.75, 3.05) is 40.0 Å². The lowest BCUT2D eigenvalue weighted by Gasteiger charge is -2.13. The smallest absolute Gasteiger partial charge is 0.387 e. The monoisotopic (exact) mass is 377 g/mol. The van der Waals surface area contributed by atoms with Crippen molar-refractivity contribution in [2.45, 2.75) is 26.5 Å². The maximum Gasteiger partial charge on any atom is 0.387 e. The number of alkyl halides is 2. The second kappa shape index (κ2) is 13.2. The molecule has 0 aliphatic rings. The number of nitrogens with zero attached hydrogens (tertiary/aromatic N) is 1. The first-order chi connectivity index (χ1) is 12.6. The highest BCUT2D eigenvalue weighted by Crippen LogP contribution is 2.24. The molecule has 6 nitrogen and oxygen atoms in total. The van der Waals surface area contributed by atoms with Crippen molar-refractivity contribution in [1.29, 1.82) is 0 Å². The van der Waals surface area contributed by atoms with Crippen LogP contribution < -0.4 is 15.4 Å². The minimum absolute atomic E-state index is 0.0205. The predicted molar refractivity (Wildman–Crippen MR) is 93.2 cm³/mol. The molecule has 0 saturated heterocycles. The topological polar surface area (TPSA) is 64.1 Å². The van der Waals surface area contributed by atoms with Gasteiger partial charge in [0.25, 0.3) is 0 Å². The summed E-state index contributed by atoms with van der Waals surface area (Å²) >= 11 is 0. The van der Waals surface area contributed by atoms with E-state index in [1.54, 1.807) is 7.11 Å². The molecule has 1 aromatic carbocycles. The Kier molecular flexibility index (Phi) is 11.2. The van der Waals surface area contributed by atoms with Crippen molar-refractivity contribution in [2.24, 2.45) is 4.99 Å². The second-order valence-corrected chi connectivity index (χ2v) is 5.18. The fraction of sp³-hybridized carbons (Fsp3) is 0.588. The van der Waals surface area contributed by atoms with Gasteiger partial charge in [-0.15, -0.1) is 0 Å². The first-order valence-electron chi connectivity index (χ1n) is 8.39. The molecule has 0 spiro atoms. The van der Waals surface area contributed by atoms with Gasteiger partial charge in [-0.3, -0.25) is 0 Å². The van der Waals surface area contributed by atoms with Crippen LogP contribution in [0.25, 0.3) is 0 Å². The highest BCUT2D eigenvalue weighted by molar-refractivity contribution is 5.79. The predicted octanol–water partition coefficient (Wildman–Crippen LogP) is 2.54. The number of halogens is 3. The van der Waals surface area contributed by atoms with E-state index >= 15 is 0 Å². The number of hydrogen-bond acceptors (Lipinski definition) is 4. The molecule has 9 heteroatoms. The van der Waals surface area contributed by atoms with E-state index in [0.717, 1.165) is 6.42 Å². The molecule has 1 rings (SSSR count). The summed E-state index contributed by atoms with van der Waals surface area (Å²) in [5.74, 6) is -0.406. The van der Waals surface area contributed by atoms with E-state index in [9.17, 15) is 13.2 Å². The zero-order valence-electron chi connectivity index (χ0n) is 15.1. The van der Waals surface area contributed by atoms with Crippen LogP contribution in [0.3, 0.4) is 0 Å². The van der Waals surface area contributed by atoms with E-state index in [0.29, 0.717) is 38.9 Å². The van der Waals surface area contributed by atoms with Gasteiger partial charge >= 0.3 is 6.61 Å². The largest absolute Gasteiger partial charge is 0.434 e. The van der Waals surface area contributed by atoms with Crippen molar-refractivity contribution in [3.63, 3.8) is 0 Å². The quantitative estimate of drug-likeness (QED) is 0.333. The van der Waals surface area contributed by atoms with Crippen LogP contribution in [-0.2, 0) is 16.0 Å². The molecule has 0 aliphatic heterocycles. The van der Waals surface area contributed by atoms with Crippen molar-refractivity contribution in [3.05, 3.63) is 29.6 Å². The van der Waals surface area contributed by atoms with Gasteiger partial charge in [0, 0.05) is 26.8 Å². The number of hydrogen-bond donors (Lipinski definition) is 2. The van der Waals surface area contributed by atoms with Crippen LogP contribution >= 0.6 is 0 Å². The molecule has 26 heavy (non-hydrogen) atoms. The fourth-order valence-corrected chi connectivity index (χ4v) is 2.02. The highest BCUT2D eigenvalue weighted by atomic mass is 19.3. The molecule has 0 saturated carbocycles. The van der Waals surface area contributed by atoms with Gasteiger partial charge in [-0.05, 0) is 25.5 Å². The highest BCUT2D eigenvalue weighted by Gasteiger charge is 2.13. The maximum atomic E-state index is 13.9. The van der Waals surface area contributed by atoms with E-state index in [1.165, 1.54) is 18.2 Å². The number of rotatable bonds is 12. The van der Waals surface area contributed by atoms with Gasteiger partial charge in [0.05, 0.1) is 25.3 Å². The summed E-state index contributed by atoms with van der Waals surface area (Å²) in [7, 11) is 1.61. The van der Waals surface area contributed by atoms with Gasteiger partial charge < -0.3 is 24.8 Å². The first-order valence-corrected chi connectivity index (χ1v) is 8.39. The molecular formula is C17H26F3N3O3. The summed E-state index contributed by atoms with van der Waals surface area (Å²) in [6.07, 6.45) is 0.744. The third-order valence-corrected chi connectivity index (χ3v) is 3.22. The van der Waals surface area contributed by atoms with Crippen LogP contribution in [0.2, 0.25) is 0 Å². The Bertz CT molecular complexity index is 545. The standard InChI is InChI=1S/C17H26F3N3O3/c1-3-21-17(22-8-5-9-25-11-10-24-2)23-12-13-14(18)6-4-7-15(13)26-16(19)20/h4,6-7,16H,3,5,8-12H2,1-2H3,(H2,21,22,23). The number of methoxy groups -OCH3 is 1. The molecule has 0 bridgehead atoms. The Morgan fingerprint density at radius 2 is 2.00 bits per heavy atom. The van der Waals surface area contributed by atoms with Gasteiger partial charge in [0.15, 0.2) is 5.96 Å². The van der Waals surface area contributed by atoms with Crippen LogP contribution in [-0.4, -0.2) is 52.6 Å². The van der Waals surface area contributed by atoms with Gasteiger partial charge in [-0.2, -0.15) is 8.78 Å². The van der Waals surface area contributed by atoms with Gasteiger partial charge in [0.1, 0.15) is 11.6 Å². The van der Waals surface area contributed by atoms with Gasteiger partial charge in [-0.1, -0.05) is 6.07 Å². The Balaban J connectivity index is 2.58. The third-order valence-electron chi connectivity index (χ3n) is 3.22. The van der Waals surface area contributed by atoms with Gasteiger partial charge in [-0.25, -0.2) is 9.38 Å². The van der Waals surface area contributed by atoms with E-state index in [2.05, 4.69) is 20.4 Å². The van der Waals surface area contributed by atoms with E-state index < -0.39 is 12.4 Å². The van der Waals surface area contributed by atoms with Gasteiger partial charge in [0.2, 0.25) is 0 Å². The zero-order chi connectivity index (χ0) is 19.2. The molecule has 2 N–H and O–H groups in total. The summed E-state index contributed by atoms with van der Waals surface area (Å²) in [5.41, 5.74) is -0.0205. The minimum atomic E-state index is -3.02. The summed E-state index contributed by atoms with van der Waals surface area (Å²) in [4.78, 5) is 4.23. The SMILES string of the molecule is CCNC(=NCc1c(F)cccc1OC(F)F)NCCCOCCOC. The fourth-order valence-electron chi connectivity index (χ4n) is 2.02. The lowest BCUT2D eigenvalue weighted by molar-refractivity contribution is -0.0506.